The van der Waals surface area contributed by atoms with Gasteiger partial charge in [-0.15, -0.1) is 0 Å². The van der Waals surface area contributed by atoms with E-state index in [1.807, 2.05) is 6.08 Å². The number of hydrogen-bond acceptors (Lipinski definition) is 8. The molecule has 1 saturated heterocycles. The fraction of sp³-hybridized carbons (Fsp3) is 0.303. The van der Waals surface area contributed by atoms with E-state index in [1.54, 1.807) is 44.2 Å². The average molecular weight is 620 g/mol. The number of rotatable bonds is 10. The number of anilines is 3. The van der Waals surface area contributed by atoms with E-state index in [4.69, 9.17) is 21.1 Å². The highest BCUT2D eigenvalue weighted by Crippen LogP contribution is 2.41. The van der Waals surface area contributed by atoms with E-state index in [0.29, 0.717) is 39.4 Å². The molecule has 2 heterocycles. The molecule has 0 unspecified atom stereocenters. The monoisotopic (exact) mass is 619 g/mol. The van der Waals surface area contributed by atoms with Crippen molar-refractivity contribution in [3.05, 3.63) is 83.4 Å². The summed E-state index contributed by atoms with van der Waals surface area (Å²) in [4.78, 5) is 24.0. The molecule has 0 aliphatic carbocycles. The zero-order chi connectivity index (χ0) is 31.3. The normalized spacial score (nSPS) is 14.1. The molecule has 1 aliphatic rings. The standard InChI is InChI=1S/C33H35ClFN5O4/c1-33(2,42)24-17-29(44-22-10-7-9-21(35)15-22)25(34)18-27(24)39-32-23-16-28(30(43-3)19-26(23)36-20-37-32)38-31(41)11-8-14-40-12-5-4-6-13-40/h7-11,15-20,42H,4-6,12-14H2,1-3H3,(H,38,41)(H,36,37,39). The molecule has 5 rings (SSSR count). The van der Waals surface area contributed by atoms with E-state index >= 15 is 0 Å². The topological polar surface area (TPSA) is 109 Å². The summed E-state index contributed by atoms with van der Waals surface area (Å²) in [5, 5.41) is 18.0. The van der Waals surface area contributed by atoms with Crippen LogP contribution >= 0.6 is 11.6 Å². The Morgan fingerprint density at radius 1 is 1.09 bits per heavy atom. The van der Waals surface area contributed by atoms with Gasteiger partial charge < -0.3 is 25.2 Å². The summed E-state index contributed by atoms with van der Waals surface area (Å²) in [5.41, 5.74) is 0.626. The average Bonchev–Trinajstić information content (AvgIpc) is 2.98. The van der Waals surface area contributed by atoms with Crippen LogP contribution in [0.4, 0.5) is 21.6 Å². The first kappa shape index (κ1) is 31.2. The van der Waals surface area contributed by atoms with Gasteiger partial charge in [-0.3, -0.25) is 9.69 Å². The molecule has 0 bridgehead atoms. The summed E-state index contributed by atoms with van der Waals surface area (Å²) in [6.07, 6.45) is 8.42. The third kappa shape index (κ3) is 7.63. The molecule has 0 radical (unpaired) electrons. The minimum atomic E-state index is -1.32. The lowest BCUT2D eigenvalue weighted by atomic mass is 9.96. The van der Waals surface area contributed by atoms with Crippen molar-refractivity contribution in [2.24, 2.45) is 0 Å². The molecule has 1 aromatic heterocycles. The number of aromatic nitrogens is 2. The van der Waals surface area contributed by atoms with Crippen molar-refractivity contribution < 1.29 is 23.8 Å². The largest absolute Gasteiger partial charge is 0.494 e. The minimum Gasteiger partial charge on any atom is -0.494 e. The van der Waals surface area contributed by atoms with Crippen LogP contribution in [0.25, 0.3) is 10.9 Å². The summed E-state index contributed by atoms with van der Waals surface area (Å²) >= 11 is 6.59. The first-order valence-electron chi connectivity index (χ1n) is 14.4. The van der Waals surface area contributed by atoms with Crippen LogP contribution in [0.1, 0.15) is 38.7 Å². The van der Waals surface area contributed by atoms with E-state index in [0.717, 1.165) is 19.6 Å². The molecule has 3 N–H and O–H groups in total. The van der Waals surface area contributed by atoms with Crippen molar-refractivity contribution in [1.82, 2.24) is 14.9 Å². The number of likely N-dealkylation sites (tertiary alicyclic amines) is 1. The van der Waals surface area contributed by atoms with Gasteiger partial charge in [0.2, 0.25) is 5.91 Å². The number of piperidine rings is 1. The number of fused-ring (bicyclic) bond motifs is 1. The predicted molar refractivity (Wildman–Crippen MR) is 171 cm³/mol. The van der Waals surface area contributed by atoms with Crippen LogP contribution in [-0.2, 0) is 10.4 Å². The van der Waals surface area contributed by atoms with E-state index in [-0.39, 0.29) is 22.4 Å². The van der Waals surface area contributed by atoms with Crippen LogP contribution in [0.3, 0.4) is 0 Å². The number of nitrogens with one attached hydrogen (secondary N) is 2. The van der Waals surface area contributed by atoms with Gasteiger partial charge >= 0.3 is 0 Å². The summed E-state index contributed by atoms with van der Waals surface area (Å²) in [5.74, 6) is 0.636. The summed E-state index contributed by atoms with van der Waals surface area (Å²) < 4.78 is 25.1. The molecule has 3 aromatic carbocycles. The molecule has 1 aliphatic heterocycles. The Kier molecular flexibility index (Phi) is 9.63. The maximum Gasteiger partial charge on any atom is 0.248 e. The second-order valence-electron chi connectivity index (χ2n) is 11.1. The number of nitrogens with zero attached hydrogens (tertiary/aromatic N) is 3. The predicted octanol–water partition coefficient (Wildman–Crippen LogP) is 7.17. The highest BCUT2D eigenvalue weighted by molar-refractivity contribution is 6.32. The van der Waals surface area contributed by atoms with Crippen LogP contribution in [0, 0.1) is 5.82 Å². The van der Waals surface area contributed by atoms with Gasteiger partial charge in [0.25, 0.3) is 0 Å². The Bertz CT molecular complexity index is 1690. The Hall–Kier alpha value is -4.25. The Labute approximate surface area is 260 Å². The molecule has 230 valence electrons. The first-order chi connectivity index (χ1) is 21.1. The number of benzene rings is 3. The summed E-state index contributed by atoms with van der Waals surface area (Å²) in [7, 11) is 1.52. The fourth-order valence-corrected chi connectivity index (χ4v) is 5.30. The van der Waals surface area contributed by atoms with Gasteiger partial charge in [0.1, 0.15) is 35.2 Å². The second kappa shape index (κ2) is 13.6. The number of amides is 1. The molecule has 0 spiro atoms. The second-order valence-corrected chi connectivity index (χ2v) is 11.5. The van der Waals surface area contributed by atoms with Crippen molar-refractivity contribution in [2.45, 2.75) is 38.7 Å². The third-order valence-corrected chi connectivity index (χ3v) is 7.60. The number of halogens is 2. The maximum absolute atomic E-state index is 13.7. The van der Waals surface area contributed by atoms with E-state index in [2.05, 4.69) is 25.5 Å². The first-order valence-corrected chi connectivity index (χ1v) is 14.8. The zero-order valence-electron chi connectivity index (χ0n) is 24.9. The van der Waals surface area contributed by atoms with Gasteiger partial charge in [0.15, 0.2) is 0 Å². The molecule has 11 heteroatoms. The quantitative estimate of drug-likeness (QED) is 0.160. The van der Waals surface area contributed by atoms with Crippen molar-refractivity contribution in [3.63, 3.8) is 0 Å². The smallest absolute Gasteiger partial charge is 0.248 e. The van der Waals surface area contributed by atoms with Crippen LogP contribution in [-0.4, -0.2) is 52.6 Å². The molecule has 9 nitrogen and oxygen atoms in total. The van der Waals surface area contributed by atoms with E-state index in [1.165, 1.54) is 57.0 Å². The number of methoxy groups -OCH3 is 1. The Morgan fingerprint density at radius 2 is 1.89 bits per heavy atom. The van der Waals surface area contributed by atoms with E-state index < -0.39 is 11.4 Å². The molecule has 0 atom stereocenters. The van der Waals surface area contributed by atoms with Gasteiger partial charge in [0.05, 0.1) is 28.9 Å². The molecule has 0 saturated carbocycles. The van der Waals surface area contributed by atoms with Gasteiger partial charge in [-0.25, -0.2) is 14.4 Å². The van der Waals surface area contributed by atoms with Crippen molar-refractivity contribution in [2.75, 3.05) is 37.4 Å². The maximum atomic E-state index is 13.7. The number of carbonyl (C=O) groups is 1. The number of carbonyl (C=O) groups excluding carboxylic acids is 1. The van der Waals surface area contributed by atoms with Gasteiger partial charge in [-0.05, 0) is 70.1 Å². The Morgan fingerprint density at radius 3 is 2.61 bits per heavy atom. The lowest BCUT2D eigenvalue weighted by Gasteiger charge is -2.24. The van der Waals surface area contributed by atoms with Crippen LogP contribution in [0.5, 0.6) is 17.2 Å². The third-order valence-electron chi connectivity index (χ3n) is 7.30. The van der Waals surface area contributed by atoms with Crippen molar-refractivity contribution in [1.29, 1.82) is 0 Å². The van der Waals surface area contributed by atoms with Crippen LogP contribution in [0.2, 0.25) is 5.02 Å². The number of aliphatic hydroxyl groups is 1. The zero-order valence-corrected chi connectivity index (χ0v) is 25.6. The van der Waals surface area contributed by atoms with Crippen molar-refractivity contribution in [3.8, 4) is 17.2 Å². The number of ether oxygens (including phenoxy) is 2. The lowest BCUT2D eigenvalue weighted by molar-refractivity contribution is -0.111. The van der Waals surface area contributed by atoms with Gasteiger partial charge in [0, 0.05) is 41.4 Å². The fourth-order valence-electron chi connectivity index (χ4n) is 5.10. The highest BCUT2D eigenvalue weighted by Gasteiger charge is 2.24. The molecular formula is C33H35ClFN5O4. The molecule has 44 heavy (non-hydrogen) atoms. The van der Waals surface area contributed by atoms with E-state index in [9.17, 15) is 14.3 Å². The lowest BCUT2D eigenvalue weighted by Crippen LogP contribution is -2.29. The van der Waals surface area contributed by atoms with Crippen molar-refractivity contribution >= 4 is 45.6 Å². The van der Waals surface area contributed by atoms with Gasteiger partial charge in [-0.2, -0.15) is 0 Å². The summed E-state index contributed by atoms with van der Waals surface area (Å²) in [6.45, 7) is 6.07. The molecule has 1 fully saturated rings. The molecule has 1 amide bonds. The van der Waals surface area contributed by atoms with Gasteiger partial charge in [-0.1, -0.05) is 30.2 Å². The van der Waals surface area contributed by atoms with Crippen LogP contribution < -0.4 is 20.1 Å². The van der Waals surface area contributed by atoms with Crippen LogP contribution in [0.15, 0.2) is 67.0 Å². The highest BCUT2D eigenvalue weighted by atomic mass is 35.5. The molecule has 4 aromatic rings. The minimum absolute atomic E-state index is 0.231. The summed E-state index contributed by atoms with van der Waals surface area (Å²) in [6, 6.07) is 12.4. The molecular weight excluding hydrogens is 585 g/mol. The SMILES string of the molecule is COc1cc2ncnc(Nc3cc(Cl)c(Oc4cccc(F)c4)cc3C(C)(C)O)c2cc1NC(=O)C=CCN1CCCCC1. The Balaban J connectivity index is 1.43. The number of hydrogen-bond donors (Lipinski definition) is 3.